The van der Waals surface area contributed by atoms with Crippen molar-refractivity contribution in [3.05, 3.63) is 24.3 Å². The fourth-order valence-electron chi connectivity index (χ4n) is 1.79. The Morgan fingerprint density at radius 3 is 2.52 bits per heavy atom. The van der Waals surface area contributed by atoms with Crippen molar-refractivity contribution in [1.29, 1.82) is 0 Å². The molecule has 2 amide bonds. The number of nitrogens with zero attached hydrogens (tertiary/aromatic N) is 2. The number of hydrogen-bond donors (Lipinski definition) is 2. The van der Waals surface area contributed by atoms with Crippen LogP contribution in [0.1, 0.15) is 13.3 Å². The molecule has 10 heteroatoms. The summed E-state index contributed by atoms with van der Waals surface area (Å²) < 4.78 is 10.4. The molecule has 134 valence electrons. The van der Waals surface area contributed by atoms with Gasteiger partial charge < -0.3 is 14.8 Å². The molecule has 0 fully saturated rings. The van der Waals surface area contributed by atoms with Crippen LogP contribution in [-0.4, -0.2) is 41.7 Å². The van der Waals surface area contributed by atoms with Gasteiger partial charge in [-0.25, -0.2) is 4.79 Å². The first-order valence-electron chi connectivity index (χ1n) is 7.35. The Morgan fingerprint density at radius 1 is 1.20 bits per heavy atom. The summed E-state index contributed by atoms with van der Waals surface area (Å²) >= 11 is 2.45. The molecule has 0 aliphatic rings. The number of amides is 2. The van der Waals surface area contributed by atoms with Crippen molar-refractivity contribution in [2.45, 2.75) is 22.9 Å². The molecule has 1 heterocycles. The Bertz CT molecular complexity index is 721. The van der Waals surface area contributed by atoms with Crippen LogP contribution in [0.2, 0.25) is 0 Å². The van der Waals surface area contributed by atoms with Crippen LogP contribution in [0.4, 0.5) is 15.6 Å². The van der Waals surface area contributed by atoms with Crippen LogP contribution in [0, 0.1) is 0 Å². The van der Waals surface area contributed by atoms with Crippen molar-refractivity contribution in [3.63, 3.8) is 0 Å². The number of anilines is 2. The third kappa shape index (κ3) is 5.61. The lowest BCUT2D eigenvalue weighted by Crippen LogP contribution is -2.19. The normalized spacial score (nSPS) is 11.5. The summed E-state index contributed by atoms with van der Waals surface area (Å²) in [6.07, 6.45) is 0.609. The van der Waals surface area contributed by atoms with Gasteiger partial charge in [-0.15, -0.1) is 10.2 Å². The molecule has 1 aromatic heterocycles. The first kappa shape index (κ1) is 19.0. The van der Waals surface area contributed by atoms with E-state index in [9.17, 15) is 9.59 Å². The van der Waals surface area contributed by atoms with E-state index in [4.69, 9.17) is 9.47 Å². The summed E-state index contributed by atoms with van der Waals surface area (Å²) in [5.41, 5.74) is 0.620. The van der Waals surface area contributed by atoms with E-state index in [0.717, 1.165) is 0 Å². The fourth-order valence-corrected chi connectivity index (χ4v) is 3.73. The summed E-state index contributed by atoms with van der Waals surface area (Å²) in [6, 6.07) is 6.50. The number of esters is 1. The van der Waals surface area contributed by atoms with Crippen LogP contribution in [0.3, 0.4) is 0 Å². The summed E-state index contributed by atoms with van der Waals surface area (Å²) in [6.45, 7) is 1.89. The fraction of sp³-hybridized carbons (Fsp3) is 0.333. The van der Waals surface area contributed by atoms with E-state index in [0.29, 0.717) is 27.3 Å². The van der Waals surface area contributed by atoms with E-state index < -0.39 is 6.03 Å². The van der Waals surface area contributed by atoms with Gasteiger partial charge >= 0.3 is 12.0 Å². The maximum atomic E-state index is 12.0. The zero-order valence-corrected chi connectivity index (χ0v) is 15.6. The van der Waals surface area contributed by atoms with Gasteiger partial charge in [0.05, 0.1) is 14.2 Å². The Balaban J connectivity index is 1.91. The van der Waals surface area contributed by atoms with Gasteiger partial charge in [0.15, 0.2) is 4.34 Å². The van der Waals surface area contributed by atoms with Gasteiger partial charge in [-0.05, 0) is 30.7 Å². The second-order valence-electron chi connectivity index (χ2n) is 4.72. The summed E-state index contributed by atoms with van der Waals surface area (Å²) in [5.74, 6) is 0.391. The van der Waals surface area contributed by atoms with Crippen LogP contribution in [0.5, 0.6) is 5.75 Å². The van der Waals surface area contributed by atoms with Crippen molar-refractivity contribution in [2.75, 3.05) is 24.9 Å². The van der Waals surface area contributed by atoms with Gasteiger partial charge in [0, 0.05) is 5.69 Å². The minimum absolute atomic E-state index is 0.311. The molecule has 0 aliphatic heterocycles. The van der Waals surface area contributed by atoms with Crippen LogP contribution < -0.4 is 15.4 Å². The Labute approximate surface area is 153 Å². The topological polar surface area (TPSA) is 102 Å². The van der Waals surface area contributed by atoms with Gasteiger partial charge in [0.1, 0.15) is 11.0 Å². The molecule has 8 nitrogen and oxygen atoms in total. The van der Waals surface area contributed by atoms with Crippen molar-refractivity contribution < 1.29 is 19.1 Å². The van der Waals surface area contributed by atoms with Gasteiger partial charge in [-0.3, -0.25) is 10.1 Å². The van der Waals surface area contributed by atoms with Crippen molar-refractivity contribution in [3.8, 4) is 5.75 Å². The molecular formula is C15H18N4O4S2. The molecule has 2 rings (SSSR count). The van der Waals surface area contributed by atoms with Gasteiger partial charge in [-0.2, -0.15) is 0 Å². The number of hydrogen-bond acceptors (Lipinski definition) is 8. The van der Waals surface area contributed by atoms with E-state index in [1.165, 1.54) is 30.2 Å². The number of carbonyl (C=O) groups excluding carboxylic acids is 2. The Hall–Kier alpha value is -2.33. The van der Waals surface area contributed by atoms with Crippen LogP contribution in [-0.2, 0) is 9.53 Å². The summed E-state index contributed by atoms with van der Waals surface area (Å²) in [5, 5.41) is 13.2. The number of aromatic nitrogens is 2. The molecule has 0 spiro atoms. The Kier molecular flexibility index (Phi) is 7.02. The van der Waals surface area contributed by atoms with Crippen molar-refractivity contribution in [1.82, 2.24) is 10.2 Å². The SMILES string of the molecule is CC[C@H](Sc1nnc(NC(=O)Nc2ccc(OC)cc2)s1)C(=O)OC. The number of thioether (sulfide) groups is 1. The maximum absolute atomic E-state index is 12.0. The lowest BCUT2D eigenvalue weighted by Gasteiger charge is -2.08. The maximum Gasteiger partial charge on any atom is 0.325 e. The van der Waals surface area contributed by atoms with E-state index in [2.05, 4.69) is 20.8 Å². The molecule has 0 radical (unpaired) electrons. The van der Waals surface area contributed by atoms with E-state index in [-0.39, 0.29) is 11.2 Å². The standard InChI is InChI=1S/C15H18N4O4S2/c1-4-11(12(20)23-3)24-15-19-18-14(25-15)17-13(21)16-9-5-7-10(22-2)8-6-9/h5-8,11H,4H2,1-3H3,(H2,16,17,18,21)/t11-/m0/s1. The number of carbonyl (C=O) groups is 2. The third-order valence-corrected chi connectivity index (χ3v) is 5.32. The first-order chi connectivity index (χ1) is 12.0. The summed E-state index contributed by atoms with van der Waals surface area (Å²) in [7, 11) is 2.92. The predicted octanol–water partition coefficient (Wildman–Crippen LogP) is 3.23. The molecule has 1 atom stereocenters. The molecular weight excluding hydrogens is 364 g/mol. The number of nitrogens with one attached hydrogen (secondary N) is 2. The van der Waals surface area contributed by atoms with Crippen LogP contribution in [0.15, 0.2) is 28.6 Å². The molecule has 0 saturated carbocycles. The highest BCUT2D eigenvalue weighted by Gasteiger charge is 2.21. The predicted molar refractivity (Wildman–Crippen MR) is 97.5 cm³/mol. The highest BCUT2D eigenvalue weighted by Crippen LogP contribution is 2.30. The number of urea groups is 1. The lowest BCUT2D eigenvalue weighted by atomic mass is 10.3. The molecule has 1 aromatic carbocycles. The average molecular weight is 382 g/mol. The first-order valence-corrected chi connectivity index (χ1v) is 9.05. The smallest absolute Gasteiger partial charge is 0.325 e. The second-order valence-corrected chi connectivity index (χ2v) is 7.15. The number of rotatable bonds is 7. The quantitative estimate of drug-likeness (QED) is 0.430. The second kappa shape index (κ2) is 9.23. The third-order valence-electron chi connectivity index (χ3n) is 3.05. The van der Waals surface area contributed by atoms with E-state index in [1.807, 2.05) is 6.92 Å². The molecule has 0 bridgehead atoms. The average Bonchev–Trinajstić information content (AvgIpc) is 3.06. The highest BCUT2D eigenvalue weighted by molar-refractivity contribution is 8.02. The van der Waals surface area contributed by atoms with Crippen molar-refractivity contribution >= 4 is 45.9 Å². The lowest BCUT2D eigenvalue weighted by molar-refractivity contribution is -0.140. The number of ether oxygens (including phenoxy) is 2. The van der Waals surface area contributed by atoms with E-state index >= 15 is 0 Å². The zero-order valence-electron chi connectivity index (χ0n) is 13.9. The van der Waals surface area contributed by atoms with Crippen LogP contribution >= 0.6 is 23.1 Å². The molecule has 2 aromatic rings. The molecule has 2 N–H and O–H groups in total. The number of benzene rings is 1. The Morgan fingerprint density at radius 2 is 1.92 bits per heavy atom. The van der Waals surface area contributed by atoms with Crippen molar-refractivity contribution in [2.24, 2.45) is 0 Å². The summed E-state index contributed by atoms with van der Waals surface area (Å²) in [4.78, 5) is 23.6. The largest absolute Gasteiger partial charge is 0.497 e. The monoisotopic (exact) mass is 382 g/mol. The van der Waals surface area contributed by atoms with Gasteiger partial charge in [-0.1, -0.05) is 30.0 Å². The zero-order chi connectivity index (χ0) is 18.2. The van der Waals surface area contributed by atoms with E-state index in [1.54, 1.807) is 31.4 Å². The molecule has 0 saturated heterocycles. The number of methoxy groups -OCH3 is 2. The molecule has 25 heavy (non-hydrogen) atoms. The minimum atomic E-state index is -0.433. The highest BCUT2D eigenvalue weighted by atomic mass is 32.2. The molecule has 0 unspecified atom stereocenters. The van der Waals surface area contributed by atoms with Gasteiger partial charge in [0.2, 0.25) is 5.13 Å². The minimum Gasteiger partial charge on any atom is -0.497 e. The van der Waals surface area contributed by atoms with Gasteiger partial charge in [0.25, 0.3) is 0 Å². The molecule has 0 aliphatic carbocycles. The van der Waals surface area contributed by atoms with Crippen LogP contribution in [0.25, 0.3) is 0 Å².